The van der Waals surface area contributed by atoms with Gasteiger partial charge in [0, 0.05) is 37.1 Å². The Morgan fingerprint density at radius 1 is 1.06 bits per heavy atom. The molecule has 0 radical (unpaired) electrons. The van der Waals surface area contributed by atoms with Crippen LogP contribution in [0.25, 0.3) is 0 Å². The highest BCUT2D eigenvalue weighted by atomic mass is 35.5. The average molecular weight is 526 g/mol. The number of hydrogen-bond acceptors (Lipinski definition) is 4. The van der Waals surface area contributed by atoms with Crippen molar-refractivity contribution in [3.8, 4) is 5.75 Å². The molecule has 2 rings (SSSR count). The highest BCUT2D eigenvalue weighted by Crippen LogP contribution is 2.37. The van der Waals surface area contributed by atoms with Crippen LogP contribution in [-0.4, -0.2) is 48.3 Å². The summed E-state index contributed by atoms with van der Waals surface area (Å²) in [6, 6.07) is 0. The Labute approximate surface area is 226 Å². The minimum Gasteiger partial charge on any atom is -1.00 e. The smallest absolute Gasteiger partial charge is 0.220 e. The number of rotatable bonds is 17. The van der Waals surface area contributed by atoms with Crippen molar-refractivity contribution in [2.75, 3.05) is 27.2 Å². The van der Waals surface area contributed by atoms with E-state index < -0.39 is 5.79 Å². The molecule has 36 heavy (non-hydrogen) atoms. The molecule has 1 N–H and O–H groups in total. The molecule has 1 atom stereocenters. The van der Waals surface area contributed by atoms with Gasteiger partial charge in [-0.05, 0) is 19.8 Å². The van der Waals surface area contributed by atoms with E-state index in [2.05, 4.69) is 38.2 Å². The maximum absolute atomic E-state index is 12.3. The van der Waals surface area contributed by atoms with E-state index >= 15 is 0 Å². The fraction of sp³-hybridized carbons (Fsp3) is 0.793. The first-order valence-corrected chi connectivity index (χ1v) is 14.1. The van der Waals surface area contributed by atoms with E-state index in [1.807, 2.05) is 20.0 Å². The van der Waals surface area contributed by atoms with Gasteiger partial charge < -0.3 is 31.7 Å². The van der Waals surface area contributed by atoms with Gasteiger partial charge >= 0.3 is 0 Å². The topological polar surface area (TPSA) is 60.5 Å². The second-order valence-electron chi connectivity index (χ2n) is 11.2. The van der Waals surface area contributed by atoms with E-state index in [1.54, 1.807) is 0 Å². The van der Waals surface area contributed by atoms with Crippen LogP contribution in [0.3, 0.4) is 0 Å². The number of unbranched alkanes of at least 4 members (excludes halogenated alkanes) is 8. The van der Waals surface area contributed by atoms with Gasteiger partial charge in [0.2, 0.25) is 11.7 Å². The molecule has 0 fully saturated rings. The number of nitrogens with zero attached hydrogens (tertiary/aromatic N) is 2. The number of carbonyl (C=O) groups is 1. The quantitative estimate of drug-likeness (QED) is 0.250. The first kappa shape index (κ1) is 32.7. The van der Waals surface area contributed by atoms with E-state index in [9.17, 15) is 4.79 Å². The number of likely N-dealkylation sites (N-methyl/N-ethyl adjacent to an activating group) is 1. The van der Waals surface area contributed by atoms with Gasteiger partial charge in [-0.2, -0.15) is 0 Å². The zero-order valence-electron chi connectivity index (χ0n) is 23.9. The van der Waals surface area contributed by atoms with Crippen molar-refractivity contribution >= 4 is 5.91 Å². The molecule has 0 aliphatic carbocycles. The van der Waals surface area contributed by atoms with Gasteiger partial charge in [-0.1, -0.05) is 65.2 Å². The lowest BCUT2D eigenvalue weighted by Gasteiger charge is -2.38. The third-order valence-electron chi connectivity index (χ3n) is 7.09. The molecule has 1 aromatic heterocycles. The van der Waals surface area contributed by atoms with Gasteiger partial charge in [0.25, 0.3) is 0 Å². The SMILES string of the molecule is CCCCCCCCCCCC(=O)NCC[N+](C)(C)Cc1cnc(C)c2c1COC(C)(CCC)O2.[Cl-]. The summed E-state index contributed by atoms with van der Waals surface area (Å²) < 4.78 is 13.2. The zero-order chi connectivity index (χ0) is 25.7. The van der Waals surface area contributed by atoms with Crippen molar-refractivity contribution in [3.05, 3.63) is 23.0 Å². The molecule has 1 aromatic rings. The number of hydrogen-bond donors (Lipinski definition) is 1. The lowest BCUT2D eigenvalue weighted by molar-refractivity contribution is -0.902. The molecular formula is C29H52ClN3O3. The number of fused-ring (bicyclic) bond motifs is 1. The molecule has 1 unspecified atom stereocenters. The number of pyridine rings is 1. The van der Waals surface area contributed by atoms with Crippen molar-refractivity contribution < 1.29 is 31.2 Å². The fourth-order valence-corrected chi connectivity index (χ4v) is 4.88. The van der Waals surface area contributed by atoms with Crippen molar-refractivity contribution in [1.29, 1.82) is 0 Å². The highest BCUT2D eigenvalue weighted by Gasteiger charge is 2.35. The van der Waals surface area contributed by atoms with Crippen LogP contribution in [0.5, 0.6) is 5.75 Å². The van der Waals surface area contributed by atoms with Crippen LogP contribution in [-0.2, 0) is 22.7 Å². The summed E-state index contributed by atoms with van der Waals surface area (Å²) in [5.41, 5.74) is 3.20. The molecule has 0 aromatic carbocycles. The molecule has 208 valence electrons. The Kier molecular flexibility index (Phi) is 14.9. The maximum atomic E-state index is 12.3. The zero-order valence-corrected chi connectivity index (χ0v) is 24.6. The molecule has 0 bridgehead atoms. The fourth-order valence-electron chi connectivity index (χ4n) is 4.88. The standard InChI is InChI=1S/C29H51N3O3.ClH/c1-7-9-10-11-12-13-14-15-16-17-27(33)30-19-20-32(5,6)22-25-21-31-24(3)28-26(25)23-34-29(4,35-28)18-8-2;/h21H,7-20,22-23H2,1-6H3;1H. The number of aryl methyl sites for hydroxylation is 1. The van der Waals surface area contributed by atoms with Crippen LogP contribution < -0.4 is 22.5 Å². The lowest BCUT2D eigenvalue weighted by atomic mass is 10.0. The molecule has 6 nitrogen and oxygen atoms in total. The first-order chi connectivity index (χ1) is 16.7. The van der Waals surface area contributed by atoms with Gasteiger partial charge in [0.1, 0.15) is 12.3 Å². The number of ether oxygens (including phenoxy) is 2. The molecule has 1 aliphatic rings. The Hall–Kier alpha value is -1.37. The van der Waals surface area contributed by atoms with Crippen molar-refractivity contribution in [2.45, 2.75) is 124 Å². The van der Waals surface area contributed by atoms with Gasteiger partial charge in [-0.25, -0.2) is 0 Å². The largest absolute Gasteiger partial charge is 1.00 e. The predicted octanol–water partition coefficient (Wildman–Crippen LogP) is 3.43. The van der Waals surface area contributed by atoms with Crippen molar-refractivity contribution in [2.24, 2.45) is 0 Å². The molecule has 0 saturated heterocycles. The average Bonchev–Trinajstić information content (AvgIpc) is 2.80. The summed E-state index contributed by atoms with van der Waals surface area (Å²) >= 11 is 0. The van der Waals surface area contributed by atoms with Gasteiger partial charge in [-0.15, -0.1) is 0 Å². The van der Waals surface area contributed by atoms with E-state index in [4.69, 9.17) is 9.47 Å². The summed E-state index contributed by atoms with van der Waals surface area (Å²) in [5.74, 6) is 0.495. The minimum absolute atomic E-state index is 0. The van der Waals surface area contributed by atoms with Gasteiger partial charge in [-0.3, -0.25) is 9.78 Å². The number of aromatic nitrogens is 1. The van der Waals surface area contributed by atoms with Crippen LogP contribution >= 0.6 is 0 Å². The Morgan fingerprint density at radius 2 is 1.69 bits per heavy atom. The summed E-state index contributed by atoms with van der Waals surface area (Å²) in [5, 5.41) is 3.13. The number of quaternary nitrogens is 1. The lowest BCUT2D eigenvalue weighted by Crippen LogP contribution is -3.00. The van der Waals surface area contributed by atoms with E-state index in [0.717, 1.165) is 65.8 Å². The van der Waals surface area contributed by atoms with Crippen LogP contribution in [0.4, 0.5) is 0 Å². The van der Waals surface area contributed by atoms with E-state index in [0.29, 0.717) is 19.6 Å². The molecular weight excluding hydrogens is 474 g/mol. The number of halogens is 1. The van der Waals surface area contributed by atoms with Crippen LogP contribution in [0.2, 0.25) is 0 Å². The van der Waals surface area contributed by atoms with Crippen molar-refractivity contribution in [3.63, 3.8) is 0 Å². The summed E-state index contributed by atoms with van der Waals surface area (Å²) in [6.07, 6.45) is 15.9. The Morgan fingerprint density at radius 3 is 2.33 bits per heavy atom. The van der Waals surface area contributed by atoms with Crippen LogP contribution in [0, 0.1) is 6.92 Å². The van der Waals surface area contributed by atoms with E-state index in [1.165, 1.54) is 44.9 Å². The van der Waals surface area contributed by atoms with Crippen molar-refractivity contribution in [1.82, 2.24) is 10.3 Å². The maximum Gasteiger partial charge on any atom is 0.220 e. The molecule has 0 spiro atoms. The number of amides is 1. The number of carbonyl (C=O) groups excluding carboxylic acids is 1. The third-order valence-corrected chi connectivity index (χ3v) is 7.09. The molecule has 7 heteroatoms. The normalized spacial score (nSPS) is 17.2. The molecule has 1 aliphatic heterocycles. The Balaban J connectivity index is 0.00000648. The summed E-state index contributed by atoms with van der Waals surface area (Å²) in [4.78, 5) is 16.9. The Bertz CT molecular complexity index is 787. The van der Waals surface area contributed by atoms with E-state index in [-0.39, 0.29) is 18.3 Å². The van der Waals surface area contributed by atoms with Crippen LogP contribution in [0.15, 0.2) is 6.20 Å². The van der Waals surface area contributed by atoms with Gasteiger partial charge in [0.15, 0.2) is 0 Å². The van der Waals surface area contributed by atoms with Gasteiger partial charge in [0.05, 0.1) is 39.5 Å². The third kappa shape index (κ3) is 11.4. The summed E-state index contributed by atoms with van der Waals surface area (Å²) in [7, 11) is 4.40. The first-order valence-electron chi connectivity index (χ1n) is 14.1. The second kappa shape index (κ2) is 16.5. The van der Waals surface area contributed by atoms with Crippen LogP contribution in [0.1, 0.15) is 115 Å². The molecule has 0 saturated carbocycles. The molecule has 1 amide bonds. The minimum atomic E-state index is -0.573. The number of nitrogens with one attached hydrogen (secondary N) is 1. The molecule has 2 heterocycles. The monoisotopic (exact) mass is 525 g/mol. The highest BCUT2D eigenvalue weighted by molar-refractivity contribution is 5.75. The summed E-state index contributed by atoms with van der Waals surface area (Å²) in [6.45, 7) is 11.3. The second-order valence-corrected chi connectivity index (χ2v) is 11.2. The predicted molar refractivity (Wildman–Crippen MR) is 143 cm³/mol.